The highest BCUT2D eigenvalue weighted by molar-refractivity contribution is 6.30. The first kappa shape index (κ1) is 12.4. The van der Waals surface area contributed by atoms with Crippen LogP contribution in [0.15, 0.2) is 18.2 Å². The molecular weight excluding hydrogens is 217 g/mol. The number of rotatable bonds is 4. The molecule has 2 nitrogen and oxygen atoms in total. The van der Waals surface area contributed by atoms with Crippen molar-refractivity contribution in [3.05, 3.63) is 34.6 Å². The minimum atomic E-state index is -0.314. The fourth-order valence-electron chi connectivity index (χ4n) is 1.53. The van der Waals surface area contributed by atoms with E-state index in [4.69, 9.17) is 16.3 Å². The van der Waals surface area contributed by atoms with E-state index in [9.17, 15) is 4.39 Å². The first-order valence-corrected chi connectivity index (χ1v) is 5.13. The van der Waals surface area contributed by atoms with E-state index in [0.29, 0.717) is 10.6 Å². The van der Waals surface area contributed by atoms with Crippen molar-refractivity contribution in [2.75, 3.05) is 14.2 Å². The van der Waals surface area contributed by atoms with Crippen LogP contribution >= 0.6 is 11.6 Å². The molecule has 1 aromatic carbocycles. The maximum atomic E-state index is 13.6. The summed E-state index contributed by atoms with van der Waals surface area (Å²) >= 11 is 5.69. The minimum Gasteiger partial charge on any atom is -0.380 e. The Hall–Kier alpha value is -0.640. The summed E-state index contributed by atoms with van der Waals surface area (Å²) < 4.78 is 18.8. The maximum Gasteiger partial charge on any atom is 0.129 e. The van der Waals surface area contributed by atoms with Gasteiger partial charge in [0.15, 0.2) is 0 Å². The number of nitrogens with one attached hydrogen (secondary N) is 1. The average Bonchev–Trinajstić information content (AvgIpc) is 2.21. The SMILES string of the molecule is CNC(c1ccc(Cl)cc1F)C(C)OC. The summed E-state index contributed by atoms with van der Waals surface area (Å²) in [7, 11) is 3.37. The monoisotopic (exact) mass is 231 g/mol. The lowest BCUT2D eigenvalue weighted by Gasteiger charge is -2.23. The predicted molar refractivity (Wildman–Crippen MR) is 59.7 cm³/mol. The quantitative estimate of drug-likeness (QED) is 0.861. The summed E-state index contributed by atoms with van der Waals surface area (Å²) in [6.07, 6.45) is -0.106. The van der Waals surface area contributed by atoms with Gasteiger partial charge in [0.1, 0.15) is 5.82 Å². The Labute approximate surface area is 94.4 Å². The third kappa shape index (κ3) is 2.91. The molecule has 0 bridgehead atoms. The van der Waals surface area contributed by atoms with Crippen LogP contribution in [0.5, 0.6) is 0 Å². The summed E-state index contributed by atoms with van der Waals surface area (Å²) in [4.78, 5) is 0. The molecule has 0 aliphatic rings. The van der Waals surface area contributed by atoms with E-state index in [1.165, 1.54) is 6.07 Å². The van der Waals surface area contributed by atoms with Gasteiger partial charge in [-0.3, -0.25) is 0 Å². The van der Waals surface area contributed by atoms with Gasteiger partial charge in [0, 0.05) is 17.7 Å². The zero-order valence-electron chi connectivity index (χ0n) is 9.05. The van der Waals surface area contributed by atoms with Crippen LogP contribution in [0.2, 0.25) is 5.02 Å². The molecule has 2 unspecified atom stereocenters. The Morgan fingerprint density at radius 3 is 2.60 bits per heavy atom. The van der Waals surface area contributed by atoms with Crippen LogP contribution in [0.1, 0.15) is 18.5 Å². The number of hydrogen-bond donors (Lipinski definition) is 1. The first-order valence-electron chi connectivity index (χ1n) is 4.75. The lowest BCUT2D eigenvalue weighted by atomic mass is 10.0. The van der Waals surface area contributed by atoms with Crippen LogP contribution < -0.4 is 5.32 Å². The van der Waals surface area contributed by atoms with E-state index >= 15 is 0 Å². The van der Waals surface area contributed by atoms with Crippen molar-refractivity contribution in [2.45, 2.75) is 19.1 Å². The molecule has 0 aliphatic heterocycles. The zero-order valence-corrected chi connectivity index (χ0v) is 9.81. The van der Waals surface area contributed by atoms with Crippen LogP contribution in [0, 0.1) is 5.82 Å². The van der Waals surface area contributed by atoms with Gasteiger partial charge in [0.25, 0.3) is 0 Å². The molecule has 0 aromatic heterocycles. The van der Waals surface area contributed by atoms with Gasteiger partial charge in [0.2, 0.25) is 0 Å². The molecule has 1 rings (SSSR count). The molecule has 2 atom stereocenters. The van der Waals surface area contributed by atoms with E-state index in [-0.39, 0.29) is 18.0 Å². The lowest BCUT2D eigenvalue weighted by molar-refractivity contribution is 0.0845. The fraction of sp³-hybridized carbons (Fsp3) is 0.455. The van der Waals surface area contributed by atoms with Gasteiger partial charge in [-0.2, -0.15) is 0 Å². The van der Waals surface area contributed by atoms with Crippen LogP contribution in [0.25, 0.3) is 0 Å². The number of halogens is 2. The van der Waals surface area contributed by atoms with Crippen molar-refractivity contribution in [1.82, 2.24) is 5.32 Å². The van der Waals surface area contributed by atoms with Gasteiger partial charge >= 0.3 is 0 Å². The summed E-state index contributed by atoms with van der Waals surface area (Å²) in [5, 5.41) is 3.42. The van der Waals surface area contributed by atoms with Crippen molar-refractivity contribution >= 4 is 11.6 Å². The molecule has 15 heavy (non-hydrogen) atoms. The van der Waals surface area contributed by atoms with Crippen LogP contribution in [-0.2, 0) is 4.74 Å². The van der Waals surface area contributed by atoms with Crippen molar-refractivity contribution < 1.29 is 9.13 Å². The van der Waals surface area contributed by atoms with E-state index < -0.39 is 0 Å². The average molecular weight is 232 g/mol. The number of ether oxygens (including phenoxy) is 1. The van der Waals surface area contributed by atoms with Gasteiger partial charge < -0.3 is 10.1 Å². The molecule has 4 heteroatoms. The third-order valence-corrected chi connectivity index (χ3v) is 2.68. The van der Waals surface area contributed by atoms with Gasteiger partial charge in [-0.25, -0.2) is 4.39 Å². The highest BCUT2D eigenvalue weighted by Crippen LogP contribution is 2.23. The second-order valence-corrected chi connectivity index (χ2v) is 3.81. The van der Waals surface area contributed by atoms with E-state index in [0.717, 1.165) is 0 Å². The molecule has 0 amide bonds. The zero-order chi connectivity index (χ0) is 11.4. The van der Waals surface area contributed by atoms with Crippen molar-refractivity contribution in [1.29, 1.82) is 0 Å². The molecule has 0 saturated carbocycles. The van der Waals surface area contributed by atoms with E-state index in [1.807, 2.05) is 6.92 Å². The topological polar surface area (TPSA) is 21.3 Å². The van der Waals surface area contributed by atoms with Crippen LogP contribution in [-0.4, -0.2) is 20.3 Å². The summed E-state index contributed by atoms with van der Waals surface area (Å²) in [5.41, 5.74) is 0.566. The van der Waals surface area contributed by atoms with Gasteiger partial charge in [-0.05, 0) is 26.1 Å². The fourth-order valence-corrected chi connectivity index (χ4v) is 1.69. The second kappa shape index (κ2) is 5.45. The standard InChI is InChI=1S/C11H15ClFNO/c1-7(15-3)11(14-2)9-5-4-8(12)6-10(9)13/h4-7,11,14H,1-3H3. The lowest BCUT2D eigenvalue weighted by Crippen LogP contribution is -2.29. The van der Waals surface area contributed by atoms with E-state index in [1.54, 1.807) is 26.3 Å². The molecular formula is C11H15ClFNO. The van der Waals surface area contributed by atoms with Gasteiger partial charge in [-0.15, -0.1) is 0 Å². The number of likely N-dealkylation sites (N-methyl/N-ethyl adjacent to an activating group) is 1. The molecule has 1 aromatic rings. The molecule has 0 saturated heterocycles. The number of hydrogen-bond acceptors (Lipinski definition) is 2. The molecule has 84 valence electrons. The Morgan fingerprint density at radius 2 is 2.13 bits per heavy atom. The van der Waals surface area contributed by atoms with Crippen molar-refractivity contribution in [2.24, 2.45) is 0 Å². The Kier molecular flexibility index (Phi) is 4.51. The van der Waals surface area contributed by atoms with Gasteiger partial charge in [0.05, 0.1) is 12.1 Å². The second-order valence-electron chi connectivity index (χ2n) is 3.37. The molecule has 1 N–H and O–H groups in total. The summed E-state index contributed by atoms with van der Waals surface area (Å²) in [6.45, 7) is 1.88. The van der Waals surface area contributed by atoms with Crippen LogP contribution in [0.3, 0.4) is 0 Å². The molecule has 0 aliphatic carbocycles. The summed E-state index contributed by atoms with van der Waals surface area (Å²) in [5.74, 6) is -0.314. The maximum absolute atomic E-state index is 13.6. The van der Waals surface area contributed by atoms with Crippen LogP contribution in [0.4, 0.5) is 4.39 Å². The van der Waals surface area contributed by atoms with Crippen molar-refractivity contribution in [3.63, 3.8) is 0 Å². The van der Waals surface area contributed by atoms with E-state index in [2.05, 4.69) is 5.32 Å². The Bertz CT molecular complexity index is 332. The third-order valence-electron chi connectivity index (χ3n) is 2.45. The van der Waals surface area contributed by atoms with Gasteiger partial charge in [-0.1, -0.05) is 17.7 Å². The molecule has 0 heterocycles. The Balaban J connectivity index is 3.01. The summed E-state index contributed by atoms with van der Waals surface area (Å²) in [6, 6.07) is 4.48. The minimum absolute atomic E-state index is 0.106. The molecule has 0 spiro atoms. The number of methoxy groups -OCH3 is 1. The largest absolute Gasteiger partial charge is 0.380 e. The smallest absolute Gasteiger partial charge is 0.129 e. The Morgan fingerprint density at radius 1 is 1.47 bits per heavy atom. The molecule has 0 radical (unpaired) electrons. The molecule has 0 fully saturated rings. The van der Waals surface area contributed by atoms with Crippen molar-refractivity contribution in [3.8, 4) is 0 Å². The predicted octanol–water partition coefficient (Wildman–Crippen LogP) is 2.77. The normalized spacial score (nSPS) is 15.0. The first-order chi connectivity index (χ1) is 7.10. The highest BCUT2D eigenvalue weighted by Gasteiger charge is 2.20. The number of benzene rings is 1. The highest BCUT2D eigenvalue weighted by atomic mass is 35.5.